The van der Waals surface area contributed by atoms with Gasteiger partial charge in [0.25, 0.3) is 0 Å². The molecule has 0 aliphatic heterocycles. The zero-order valence-corrected chi connectivity index (χ0v) is 12.7. The van der Waals surface area contributed by atoms with Crippen LogP contribution in [0.25, 0.3) is 0 Å². The second-order valence-electron chi connectivity index (χ2n) is 4.72. The number of ether oxygens (including phenoxy) is 2. The van der Waals surface area contributed by atoms with Crippen LogP contribution in [0, 0.1) is 0 Å². The molecule has 1 aromatic rings. The van der Waals surface area contributed by atoms with Crippen LogP contribution in [-0.4, -0.2) is 23.6 Å². The van der Waals surface area contributed by atoms with Gasteiger partial charge in [-0.2, -0.15) is 0 Å². The minimum absolute atomic E-state index is 0.185. The number of aryl methyl sites for hydroxylation is 1. The van der Waals surface area contributed by atoms with Crippen molar-refractivity contribution in [1.29, 1.82) is 0 Å². The van der Waals surface area contributed by atoms with Gasteiger partial charge in [-0.05, 0) is 31.0 Å². The van der Waals surface area contributed by atoms with E-state index in [1.165, 1.54) is 12.0 Å². The zero-order chi connectivity index (χ0) is 13.0. The van der Waals surface area contributed by atoms with Crippen molar-refractivity contribution < 1.29 is 9.47 Å². The van der Waals surface area contributed by atoms with Gasteiger partial charge in [0.15, 0.2) is 0 Å². The molecule has 0 heterocycles. The van der Waals surface area contributed by atoms with Crippen LogP contribution in [0.2, 0.25) is 0 Å². The monoisotopic (exact) mass is 312 g/mol. The van der Waals surface area contributed by atoms with Crippen molar-refractivity contribution in [1.82, 2.24) is 0 Å². The lowest BCUT2D eigenvalue weighted by molar-refractivity contribution is -0.0723. The second-order valence-corrected chi connectivity index (χ2v) is 5.90. The van der Waals surface area contributed by atoms with Crippen molar-refractivity contribution in [3.05, 3.63) is 29.8 Å². The summed E-state index contributed by atoms with van der Waals surface area (Å²) in [4.78, 5) is 0.432. The summed E-state index contributed by atoms with van der Waals surface area (Å²) in [5, 5.41) is 0. The summed E-state index contributed by atoms with van der Waals surface area (Å²) in [6.45, 7) is 4.96. The third-order valence-corrected chi connectivity index (χ3v) is 4.18. The Morgan fingerprint density at radius 1 is 1.22 bits per heavy atom. The number of hydrogen-bond donors (Lipinski definition) is 0. The summed E-state index contributed by atoms with van der Waals surface area (Å²) in [6, 6.07) is 8.43. The lowest BCUT2D eigenvalue weighted by Gasteiger charge is -2.40. The first-order chi connectivity index (χ1) is 8.74. The first-order valence-corrected chi connectivity index (χ1v) is 7.67. The van der Waals surface area contributed by atoms with Gasteiger partial charge < -0.3 is 9.47 Å². The Balaban J connectivity index is 1.89. The smallest absolute Gasteiger partial charge is 0.127 e. The highest BCUT2D eigenvalue weighted by Crippen LogP contribution is 2.34. The van der Waals surface area contributed by atoms with Gasteiger partial charge in [-0.1, -0.05) is 41.4 Å². The average Bonchev–Trinajstić information content (AvgIpc) is 2.38. The van der Waals surface area contributed by atoms with Gasteiger partial charge in [0, 0.05) is 17.9 Å². The second kappa shape index (κ2) is 6.58. The number of rotatable bonds is 6. The van der Waals surface area contributed by atoms with E-state index in [0.717, 1.165) is 25.2 Å². The topological polar surface area (TPSA) is 18.5 Å². The molecule has 3 heteroatoms. The fourth-order valence-electron chi connectivity index (χ4n) is 2.24. The van der Waals surface area contributed by atoms with E-state index in [0.29, 0.717) is 4.83 Å². The molecule has 100 valence electrons. The van der Waals surface area contributed by atoms with Crippen LogP contribution in [0.5, 0.6) is 5.75 Å². The van der Waals surface area contributed by atoms with Crippen LogP contribution in [0.4, 0.5) is 0 Å². The van der Waals surface area contributed by atoms with Crippen LogP contribution in [0.1, 0.15) is 32.3 Å². The predicted molar refractivity (Wildman–Crippen MR) is 77.6 cm³/mol. The molecule has 0 radical (unpaired) electrons. The highest BCUT2D eigenvalue weighted by molar-refractivity contribution is 9.09. The number of hydrogen-bond acceptors (Lipinski definition) is 2. The van der Waals surface area contributed by atoms with Crippen LogP contribution in [-0.2, 0) is 11.2 Å². The SMILES string of the molecule is CCCc1ccc(OC2CC(Br)C2OCC)cc1. The average molecular weight is 313 g/mol. The Bertz CT molecular complexity index is 363. The maximum atomic E-state index is 5.96. The van der Waals surface area contributed by atoms with Crippen LogP contribution < -0.4 is 4.74 Å². The number of alkyl halides is 1. The predicted octanol–water partition coefficient (Wildman–Crippen LogP) is 3.96. The van der Waals surface area contributed by atoms with E-state index in [4.69, 9.17) is 9.47 Å². The number of benzene rings is 1. The molecule has 3 atom stereocenters. The van der Waals surface area contributed by atoms with E-state index in [1.807, 2.05) is 6.92 Å². The van der Waals surface area contributed by atoms with E-state index in [-0.39, 0.29) is 12.2 Å². The largest absolute Gasteiger partial charge is 0.488 e. The van der Waals surface area contributed by atoms with Crippen molar-refractivity contribution in [2.75, 3.05) is 6.61 Å². The molecular weight excluding hydrogens is 292 g/mol. The fourth-order valence-corrected chi connectivity index (χ4v) is 3.11. The summed E-state index contributed by atoms with van der Waals surface area (Å²) in [7, 11) is 0. The fraction of sp³-hybridized carbons (Fsp3) is 0.600. The molecule has 2 rings (SSSR count). The molecule has 0 amide bonds. The standard InChI is InChI=1S/C15H21BrO2/c1-3-5-11-6-8-12(9-7-11)18-14-10-13(16)15(14)17-4-2/h6-9,13-15H,3-5,10H2,1-2H3. The van der Waals surface area contributed by atoms with Crippen molar-refractivity contribution in [3.63, 3.8) is 0 Å². The molecule has 0 bridgehead atoms. The molecule has 1 aromatic carbocycles. The molecule has 0 aromatic heterocycles. The van der Waals surface area contributed by atoms with Crippen LogP contribution in [0.15, 0.2) is 24.3 Å². The minimum atomic E-state index is 0.185. The van der Waals surface area contributed by atoms with Gasteiger partial charge in [0.2, 0.25) is 0 Å². The summed E-state index contributed by atoms with van der Waals surface area (Å²) in [6.07, 6.45) is 3.70. The lowest BCUT2D eigenvalue weighted by Crippen LogP contribution is -2.52. The lowest BCUT2D eigenvalue weighted by atomic mass is 9.91. The Morgan fingerprint density at radius 3 is 2.50 bits per heavy atom. The molecule has 18 heavy (non-hydrogen) atoms. The van der Waals surface area contributed by atoms with Crippen molar-refractivity contribution in [3.8, 4) is 5.75 Å². The normalized spacial score (nSPS) is 26.7. The van der Waals surface area contributed by atoms with Gasteiger partial charge in [-0.25, -0.2) is 0 Å². The van der Waals surface area contributed by atoms with Crippen molar-refractivity contribution in [2.24, 2.45) is 0 Å². The summed E-state index contributed by atoms with van der Waals surface area (Å²) in [5.74, 6) is 0.948. The molecule has 1 saturated carbocycles. The maximum Gasteiger partial charge on any atom is 0.127 e. The summed E-state index contributed by atoms with van der Waals surface area (Å²) in [5.41, 5.74) is 1.37. The highest BCUT2D eigenvalue weighted by Gasteiger charge is 2.42. The summed E-state index contributed by atoms with van der Waals surface area (Å²) >= 11 is 3.61. The van der Waals surface area contributed by atoms with Gasteiger partial charge in [-0.3, -0.25) is 0 Å². The molecular formula is C15H21BrO2. The molecule has 3 unspecified atom stereocenters. The van der Waals surface area contributed by atoms with Gasteiger partial charge in [-0.15, -0.1) is 0 Å². The van der Waals surface area contributed by atoms with E-state index in [1.54, 1.807) is 0 Å². The first-order valence-electron chi connectivity index (χ1n) is 6.75. The molecule has 0 N–H and O–H groups in total. The first kappa shape index (κ1) is 13.9. The quantitative estimate of drug-likeness (QED) is 0.740. The molecule has 1 aliphatic carbocycles. The molecule has 0 spiro atoms. The maximum absolute atomic E-state index is 5.96. The third kappa shape index (κ3) is 3.27. The van der Waals surface area contributed by atoms with E-state index < -0.39 is 0 Å². The Labute approximate surface area is 118 Å². The Kier molecular flexibility index (Phi) is 5.07. The molecule has 0 saturated heterocycles. The molecule has 1 fully saturated rings. The van der Waals surface area contributed by atoms with Crippen molar-refractivity contribution in [2.45, 2.75) is 50.1 Å². The molecule has 2 nitrogen and oxygen atoms in total. The molecule has 1 aliphatic rings. The third-order valence-electron chi connectivity index (χ3n) is 3.29. The summed E-state index contributed by atoms with van der Waals surface area (Å²) < 4.78 is 11.6. The zero-order valence-electron chi connectivity index (χ0n) is 11.1. The van der Waals surface area contributed by atoms with Gasteiger partial charge in [0.05, 0.1) is 0 Å². The van der Waals surface area contributed by atoms with Crippen LogP contribution >= 0.6 is 15.9 Å². The highest BCUT2D eigenvalue weighted by atomic mass is 79.9. The van der Waals surface area contributed by atoms with Gasteiger partial charge in [0.1, 0.15) is 18.0 Å². The van der Waals surface area contributed by atoms with E-state index in [2.05, 4.69) is 47.1 Å². The Morgan fingerprint density at radius 2 is 1.94 bits per heavy atom. The van der Waals surface area contributed by atoms with Gasteiger partial charge >= 0.3 is 0 Å². The van der Waals surface area contributed by atoms with E-state index >= 15 is 0 Å². The Hall–Kier alpha value is -0.540. The van der Waals surface area contributed by atoms with E-state index in [9.17, 15) is 0 Å². The van der Waals surface area contributed by atoms with Crippen LogP contribution in [0.3, 0.4) is 0 Å². The minimum Gasteiger partial charge on any atom is -0.488 e. The number of halogens is 1. The van der Waals surface area contributed by atoms with Crippen molar-refractivity contribution >= 4 is 15.9 Å².